The number of rotatable bonds is 7. The minimum absolute atomic E-state index is 0.0256. The molecule has 2 aliphatic rings. The van der Waals surface area contributed by atoms with Gasteiger partial charge in [0.15, 0.2) is 0 Å². The van der Waals surface area contributed by atoms with Crippen molar-refractivity contribution in [2.75, 3.05) is 31.6 Å². The molecule has 0 atom stereocenters. The highest BCUT2D eigenvalue weighted by Gasteiger charge is 2.32. The van der Waals surface area contributed by atoms with Gasteiger partial charge in [-0.15, -0.1) is 0 Å². The number of carbonyl (C=O) groups is 2. The van der Waals surface area contributed by atoms with Gasteiger partial charge in [0.25, 0.3) is 0 Å². The van der Waals surface area contributed by atoms with Crippen LogP contribution in [0.25, 0.3) is 0 Å². The Kier molecular flexibility index (Phi) is 6.94. The molecule has 3 amide bonds. The van der Waals surface area contributed by atoms with Gasteiger partial charge in [-0.3, -0.25) is 14.7 Å². The Hall–Kier alpha value is -3.07. The Bertz CT molecular complexity index is 950. The number of nitrogens with one attached hydrogen (secondary N) is 1. The standard InChI is InChI=1S/C22H26ClN5O4/c1-31-20-12-24-13-21(26-20)32-18-8-4-16(5-9-18)25-19(29)14-27-10-11-28(22(27)30)17-6-2-15(23)3-7-17/h2-3,6-7,12-13,16,18H,4-5,8-11,14H2,1H3,(H,25,29). The predicted octanol–water partition coefficient (Wildman–Crippen LogP) is 2.89. The van der Waals surface area contributed by atoms with Gasteiger partial charge in [0.1, 0.15) is 12.6 Å². The van der Waals surface area contributed by atoms with Crippen molar-refractivity contribution in [1.82, 2.24) is 20.2 Å². The van der Waals surface area contributed by atoms with Gasteiger partial charge in [-0.05, 0) is 49.9 Å². The van der Waals surface area contributed by atoms with Gasteiger partial charge in [-0.1, -0.05) is 11.6 Å². The number of methoxy groups -OCH3 is 1. The lowest BCUT2D eigenvalue weighted by Gasteiger charge is -2.29. The number of benzene rings is 1. The molecule has 1 aliphatic carbocycles. The molecule has 0 radical (unpaired) electrons. The summed E-state index contributed by atoms with van der Waals surface area (Å²) < 4.78 is 11.0. The van der Waals surface area contributed by atoms with Gasteiger partial charge in [-0.2, -0.15) is 4.98 Å². The van der Waals surface area contributed by atoms with Gasteiger partial charge in [-0.25, -0.2) is 4.79 Å². The Balaban J connectivity index is 1.21. The summed E-state index contributed by atoms with van der Waals surface area (Å²) in [6, 6.07) is 7.02. The molecule has 1 aromatic carbocycles. The van der Waals surface area contributed by atoms with Crippen molar-refractivity contribution >= 4 is 29.2 Å². The van der Waals surface area contributed by atoms with E-state index in [0.29, 0.717) is 29.9 Å². The molecule has 9 nitrogen and oxygen atoms in total. The van der Waals surface area contributed by atoms with Crippen LogP contribution in [-0.2, 0) is 4.79 Å². The van der Waals surface area contributed by atoms with Crippen molar-refractivity contribution in [2.24, 2.45) is 0 Å². The third-order valence-electron chi connectivity index (χ3n) is 5.69. The van der Waals surface area contributed by atoms with Crippen molar-refractivity contribution in [3.05, 3.63) is 41.7 Å². The topological polar surface area (TPSA) is 96.9 Å². The number of anilines is 1. The SMILES string of the molecule is COc1cncc(OC2CCC(NC(=O)CN3CCN(c4ccc(Cl)cc4)C3=O)CC2)n1. The van der Waals surface area contributed by atoms with Gasteiger partial charge in [0, 0.05) is 29.8 Å². The maximum absolute atomic E-state index is 12.7. The van der Waals surface area contributed by atoms with Crippen molar-refractivity contribution in [1.29, 1.82) is 0 Å². The van der Waals surface area contributed by atoms with E-state index in [-0.39, 0.29) is 30.6 Å². The van der Waals surface area contributed by atoms with Crippen LogP contribution in [0.15, 0.2) is 36.7 Å². The molecule has 32 heavy (non-hydrogen) atoms. The summed E-state index contributed by atoms with van der Waals surface area (Å²) in [6.45, 7) is 1.11. The van der Waals surface area contributed by atoms with E-state index < -0.39 is 0 Å². The fourth-order valence-electron chi connectivity index (χ4n) is 4.02. The summed E-state index contributed by atoms with van der Waals surface area (Å²) in [6.07, 6.45) is 6.33. The normalized spacial score (nSPS) is 20.9. The Morgan fingerprint density at radius 2 is 1.84 bits per heavy atom. The summed E-state index contributed by atoms with van der Waals surface area (Å²) in [7, 11) is 1.53. The van der Waals surface area contributed by atoms with E-state index in [4.69, 9.17) is 21.1 Å². The van der Waals surface area contributed by atoms with E-state index in [2.05, 4.69) is 15.3 Å². The number of carbonyl (C=O) groups excluding carboxylic acids is 2. The molecule has 0 unspecified atom stereocenters. The third-order valence-corrected chi connectivity index (χ3v) is 5.95. The van der Waals surface area contributed by atoms with Crippen LogP contribution in [0.2, 0.25) is 5.02 Å². The average Bonchev–Trinajstić information content (AvgIpc) is 3.15. The maximum Gasteiger partial charge on any atom is 0.325 e. The molecular weight excluding hydrogens is 434 g/mol. The number of ether oxygens (including phenoxy) is 2. The fraction of sp³-hybridized carbons (Fsp3) is 0.455. The van der Waals surface area contributed by atoms with Crippen molar-refractivity contribution < 1.29 is 19.1 Å². The molecule has 2 heterocycles. The highest BCUT2D eigenvalue weighted by molar-refractivity contribution is 6.30. The monoisotopic (exact) mass is 459 g/mol. The molecule has 0 bridgehead atoms. The minimum atomic E-state index is -0.168. The zero-order valence-electron chi connectivity index (χ0n) is 17.9. The highest BCUT2D eigenvalue weighted by atomic mass is 35.5. The lowest BCUT2D eigenvalue weighted by molar-refractivity contribution is -0.122. The number of nitrogens with zero attached hydrogens (tertiary/aromatic N) is 4. The maximum atomic E-state index is 12.7. The van der Waals surface area contributed by atoms with Crippen molar-refractivity contribution in [2.45, 2.75) is 37.8 Å². The van der Waals surface area contributed by atoms with E-state index in [1.807, 2.05) is 0 Å². The Morgan fingerprint density at radius 1 is 1.12 bits per heavy atom. The summed E-state index contributed by atoms with van der Waals surface area (Å²) >= 11 is 5.92. The smallest absolute Gasteiger partial charge is 0.325 e. The second-order valence-electron chi connectivity index (χ2n) is 7.89. The summed E-state index contributed by atoms with van der Waals surface area (Å²) in [5.74, 6) is 0.712. The second kappa shape index (κ2) is 10.0. The molecule has 2 aromatic rings. The van der Waals surface area contributed by atoms with Crippen LogP contribution in [0.1, 0.15) is 25.7 Å². The van der Waals surface area contributed by atoms with Crippen LogP contribution in [0, 0.1) is 0 Å². The largest absolute Gasteiger partial charge is 0.480 e. The van der Waals surface area contributed by atoms with Gasteiger partial charge in [0.2, 0.25) is 17.7 Å². The van der Waals surface area contributed by atoms with Crippen molar-refractivity contribution in [3.63, 3.8) is 0 Å². The predicted molar refractivity (Wildman–Crippen MR) is 119 cm³/mol. The van der Waals surface area contributed by atoms with E-state index in [9.17, 15) is 9.59 Å². The molecule has 1 saturated heterocycles. The second-order valence-corrected chi connectivity index (χ2v) is 8.33. The first-order valence-corrected chi connectivity index (χ1v) is 11.0. The number of halogens is 1. The van der Waals surface area contributed by atoms with E-state index >= 15 is 0 Å². The molecule has 2 fully saturated rings. The van der Waals surface area contributed by atoms with E-state index in [1.165, 1.54) is 13.3 Å². The molecule has 170 valence electrons. The Morgan fingerprint density at radius 3 is 2.56 bits per heavy atom. The van der Waals surface area contributed by atoms with Crippen LogP contribution in [0.3, 0.4) is 0 Å². The number of amides is 3. The van der Waals surface area contributed by atoms with Crippen LogP contribution < -0.4 is 19.7 Å². The number of hydrogen-bond donors (Lipinski definition) is 1. The average molecular weight is 460 g/mol. The Labute approximate surface area is 191 Å². The highest BCUT2D eigenvalue weighted by Crippen LogP contribution is 2.24. The van der Waals surface area contributed by atoms with Crippen LogP contribution in [-0.4, -0.2) is 65.7 Å². The number of urea groups is 1. The quantitative estimate of drug-likeness (QED) is 0.683. The molecular formula is C22H26ClN5O4. The molecule has 10 heteroatoms. The summed E-state index contributed by atoms with van der Waals surface area (Å²) in [5.41, 5.74) is 0.779. The van der Waals surface area contributed by atoms with Crippen LogP contribution in [0.4, 0.5) is 10.5 Å². The third kappa shape index (κ3) is 5.40. The first-order chi connectivity index (χ1) is 15.5. The zero-order valence-corrected chi connectivity index (χ0v) is 18.6. The lowest BCUT2D eigenvalue weighted by atomic mass is 9.93. The molecule has 1 aromatic heterocycles. The molecule has 0 spiro atoms. The molecule has 4 rings (SSSR count). The number of hydrogen-bond acceptors (Lipinski definition) is 6. The van der Waals surface area contributed by atoms with Gasteiger partial charge < -0.3 is 19.7 Å². The first kappa shape index (κ1) is 22.1. The zero-order chi connectivity index (χ0) is 22.5. The number of aromatic nitrogens is 2. The lowest BCUT2D eigenvalue weighted by Crippen LogP contribution is -2.45. The molecule has 1 N–H and O–H groups in total. The van der Waals surface area contributed by atoms with Crippen LogP contribution in [0.5, 0.6) is 11.8 Å². The summed E-state index contributed by atoms with van der Waals surface area (Å²) in [4.78, 5) is 36.7. The van der Waals surface area contributed by atoms with E-state index in [0.717, 1.165) is 31.4 Å². The summed E-state index contributed by atoms with van der Waals surface area (Å²) in [5, 5.41) is 3.68. The van der Waals surface area contributed by atoms with E-state index in [1.54, 1.807) is 40.3 Å². The molecule has 1 saturated carbocycles. The van der Waals surface area contributed by atoms with Gasteiger partial charge >= 0.3 is 6.03 Å². The van der Waals surface area contributed by atoms with Crippen LogP contribution >= 0.6 is 11.6 Å². The first-order valence-electron chi connectivity index (χ1n) is 10.7. The minimum Gasteiger partial charge on any atom is -0.480 e. The fourth-order valence-corrected chi connectivity index (χ4v) is 4.14. The molecule has 1 aliphatic heterocycles. The van der Waals surface area contributed by atoms with Gasteiger partial charge in [0.05, 0.1) is 19.5 Å². The van der Waals surface area contributed by atoms with Crippen molar-refractivity contribution in [3.8, 4) is 11.8 Å².